The first-order chi connectivity index (χ1) is 7.74. The molecule has 0 aliphatic carbocycles. The Hall–Kier alpha value is -1.85. The van der Waals surface area contributed by atoms with Gasteiger partial charge in [-0.05, 0) is 12.8 Å². The van der Waals surface area contributed by atoms with Crippen LogP contribution in [0.3, 0.4) is 0 Å². The highest BCUT2D eigenvalue weighted by Gasteiger charge is 2.24. The van der Waals surface area contributed by atoms with Crippen LogP contribution in [0.15, 0.2) is 12.4 Å². The molecule has 16 heavy (non-hydrogen) atoms. The molecule has 0 fully saturated rings. The molecule has 84 valence electrons. The summed E-state index contributed by atoms with van der Waals surface area (Å²) in [5.41, 5.74) is 6.81. The number of nitrogens with zero attached hydrogens (tertiary/aromatic N) is 5. The standard InChI is InChI=1S/C10H14N6/c1-15-6-7(5-12-15)8-3-2-4-9-13-10(11)14-16(8)9/h5-6,8H,2-4H2,1H3,(H2,11,14). The van der Waals surface area contributed by atoms with E-state index in [4.69, 9.17) is 5.73 Å². The van der Waals surface area contributed by atoms with Gasteiger partial charge in [0.15, 0.2) is 0 Å². The van der Waals surface area contributed by atoms with E-state index >= 15 is 0 Å². The van der Waals surface area contributed by atoms with Gasteiger partial charge in [-0.1, -0.05) is 0 Å². The Kier molecular flexibility index (Phi) is 1.95. The normalized spacial score (nSPS) is 19.7. The monoisotopic (exact) mass is 218 g/mol. The molecule has 1 unspecified atom stereocenters. The lowest BCUT2D eigenvalue weighted by molar-refractivity contribution is 0.412. The second-order valence-corrected chi connectivity index (χ2v) is 4.19. The average Bonchev–Trinajstić information content (AvgIpc) is 2.82. The van der Waals surface area contributed by atoms with Gasteiger partial charge in [-0.15, -0.1) is 5.10 Å². The number of hydrogen-bond donors (Lipinski definition) is 1. The first kappa shape index (κ1) is 9.38. The van der Waals surface area contributed by atoms with Crippen molar-refractivity contribution in [2.75, 3.05) is 5.73 Å². The van der Waals surface area contributed by atoms with Crippen molar-refractivity contribution < 1.29 is 0 Å². The predicted molar refractivity (Wildman–Crippen MR) is 58.7 cm³/mol. The fourth-order valence-electron chi connectivity index (χ4n) is 2.29. The fourth-order valence-corrected chi connectivity index (χ4v) is 2.29. The third-order valence-corrected chi connectivity index (χ3v) is 3.00. The number of nitrogen functional groups attached to an aromatic ring is 1. The van der Waals surface area contributed by atoms with Gasteiger partial charge < -0.3 is 5.73 Å². The van der Waals surface area contributed by atoms with Crippen LogP contribution in [0.5, 0.6) is 0 Å². The van der Waals surface area contributed by atoms with E-state index in [2.05, 4.69) is 15.2 Å². The van der Waals surface area contributed by atoms with E-state index in [1.54, 1.807) is 0 Å². The maximum absolute atomic E-state index is 5.64. The zero-order chi connectivity index (χ0) is 11.1. The van der Waals surface area contributed by atoms with Gasteiger partial charge in [0.1, 0.15) is 5.82 Å². The Bertz CT molecular complexity index is 511. The molecule has 3 heterocycles. The van der Waals surface area contributed by atoms with Crippen molar-refractivity contribution in [1.29, 1.82) is 0 Å². The average molecular weight is 218 g/mol. The summed E-state index contributed by atoms with van der Waals surface area (Å²) in [5, 5.41) is 8.46. The van der Waals surface area contributed by atoms with Gasteiger partial charge in [0, 0.05) is 25.2 Å². The second-order valence-electron chi connectivity index (χ2n) is 4.19. The minimum Gasteiger partial charge on any atom is -0.366 e. The van der Waals surface area contributed by atoms with Crippen LogP contribution >= 0.6 is 0 Å². The lowest BCUT2D eigenvalue weighted by Crippen LogP contribution is -2.19. The van der Waals surface area contributed by atoms with Crippen LogP contribution in [0.4, 0.5) is 5.95 Å². The maximum atomic E-state index is 5.64. The summed E-state index contributed by atoms with van der Waals surface area (Å²) in [7, 11) is 1.92. The van der Waals surface area contributed by atoms with Crippen molar-refractivity contribution in [3.8, 4) is 0 Å². The van der Waals surface area contributed by atoms with E-state index in [0.717, 1.165) is 25.1 Å². The van der Waals surface area contributed by atoms with E-state index in [9.17, 15) is 0 Å². The van der Waals surface area contributed by atoms with Crippen LogP contribution in [0, 0.1) is 0 Å². The van der Waals surface area contributed by atoms with E-state index in [-0.39, 0.29) is 6.04 Å². The first-order valence-electron chi connectivity index (χ1n) is 5.43. The molecule has 1 aliphatic heterocycles. The molecule has 2 N–H and O–H groups in total. The molecule has 0 aromatic carbocycles. The molecule has 6 nitrogen and oxygen atoms in total. The number of anilines is 1. The molecule has 1 aliphatic rings. The van der Waals surface area contributed by atoms with Crippen molar-refractivity contribution in [3.05, 3.63) is 23.8 Å². The zero-order valence-electron chi connectivity index (χ0n) is 9.17. The molecule has 0 saturated heterocycles. The van der Waals surface area contributed by atoms with Crippen LogP contribution in [0.25, 0.3) is 0 Å². The quantitative estimate of drug-likeness (QED) is 0.757. The number of nitrogens with two attached hydrogens (primary N) is 1. The minimum absolute atomic E-state index is 0.238. The minimum atomic E-state index is 0.238. The number of fused-ring (bicyclic) bond motifs is 1. The van der Waals surface area contributed by atoms with E-state index in [1.165, 1.54) is 5.56 Å². The molecular weight excluding hydrogens is 204 g/mol. The Morgan fingerprint density at radius 1 is 1.50 bits per heavy atom. The summed E-state index contributed by atoms with van der Waals surface area (Å²) in [5.74, 6) is 1.35. The second kappa shape index (κ2) is 3.33. The molecule has 0 amide bonds. The Labute approximate surface area is 93.1 Å². The van der Waals surface area contributed by atoms with Crippen molar-refractivity contribution in [2.45, 2.75) is 25.3 Å². The van der Waals surface area contributed by atoms with Gasteiger partial charge in [-0.2, -0.15) is 10.1 Å². The highest BCUT2D eigenvalue weighted by molar-refractivity contribution is 5.20. The molecular formula is C10H14N6. The summed E-state index contributed by atoms with van der Waals surface area (Å²) in [6, 6.07) is 0.238. The Morgan fingerprint density at radius 2 is 2.38 bits per heavy atom. The predicted octanol–water partition coefficient (Wildman–Crippen LogP) is 0.519. The smallest absolute Gasteiger partial charge is 0.239 e. The number of hydrogen-bond acceptors (Lipinski definition) is 4. The van der Waals surface area contributed by atoms with Crippen LogP contribution < -0.4 is 5.73 Å². The SMILES string of the molecule is Cn1cc(C2CCCc3nc(N)nn32)cn1. The molecule has 6 heteroatoms. The Morgan fingerprint density at radius 3 is 3.12 bits per heavy atom. The van der Waals surface area contributed by atoms with Crippen LogP contribution in [0.1, 0.15) is 30.3 Å². The molecule has 0 saturated carbocycles. The van der Waals surface area contributed by atoms with Crippen LogP contribution in [0.2, 0.25) is 0 Å². The molecule has 2 aromatic rings. The van der Waals surface area contributed by atoms with Gasteiger partial charge >= 0.3 is 0 Å². The maximum Gasteiger partial charge on any atom is 0.239 e. The first-order valence-corrected chi connectivity index (χ1v) is 5.43. The lowest BCUT2D eigenvalue weighted by Gasteiger charge is -2.22. The molecule has 0 spiro atoms. The fraction of sp³-hybridized carbons (Fsp3) is 0.500. The van der Waals surface area contributed by atoms with E-state index in [0.29, 0.717) is 5.95 Å². The third kappa shape index (κ3) is 1.37. The summed E-state index contributed by atoms with van der Waals surface area (Å²) in [4.78, 5) is 4.24. The molecule has 1 atom stereocenters. The van der Waals surface area contributed by atoms with Crippen molar-refractivity contribution in [3.63, 3.8) is 0 Å². The van der Waals surface area contributed by atoms with Crippen LogP contribution in [-0.2, 0) is 13.5 Å². The number of aryl methyl sites for hydroxylation is 2. The Balaban J connectivity index is 2.04. The van der Waals surface area contributed by atoms with Gasteiger partial charge in [-0.25, -0.2) is 4.68 Å². The van der Waals surface area contributed by atoms with E-state index < -0.39 is 0 Å². The molecule has 0 bridgehead atoms. The van der Waals surface area contributed by atoms with Crippen molar-refractivity contribution >= 4 is 5.95 Å². The zero-order valence-corrected chi connectivity index (χ0v) is 9.17. The summed E-state index contributed by atoms with van der Waals surface area (Å²) >= 11 is 0. The third-order valence-electron chi connectivity index (χ3n) is 3.00. The topological polar surface area (TPSA) is 74.6 Å². The van der Waals surface area contributed by atoms with Gasteiger partial charge in [0.25, 0.3) is 0 Å². The van der Waals surface area contributed by atoms with Crippen molar-refractivity contribution in [2.24, 2.45) is 7.05 Å². The highest BCUT2D eigenvalue weighted by Crippen LogP contribution is 2.29. The highest BCUT2D eigenvalue weighted by atomic mass is 15.4. The summed E-state index contributed by atoms with van der Waals surface area (Å²) < 4.78 is 3.75. The summed E-state index contributed by atoms with van der Waals surface area (Å²) in [6.45, 7) is 0. The van der Waals surface area contributed by atoms with Crippen molar-refractivity contribution in [1.82, 2.24) is 24.5 Å². The largest absolute Gasteiger partial charge is 0.366 e. The molecule has 2 aromatic heterocycles. The van der Waals surface area contributed by atoms with Crippen LogP contribution in [-0.4, -0.2) is 24.5 Å². The van der Waals surface area contributed by atoms with E-state index in [1.807, 2.05) is 28.8 Å². The van der Waals surface area contributed by atoms with Gasteiger partial charge in [-0.3, -0.25) is 4.68 Å². The molecule has 3 rings (SSSR count). The number of aromatic nitrogens is 5. The van der Waals surface area contributed by atoms with Gasteiger partial charge in [0.05, 0.1) is 12.2 Å². The lowest BCUT2D eigenvalue weighted by atomic mass is 10.0. The van der Waals surface area contributed by atoms with Gasteiger partial charge in [0.2, 0.25) is 5.95 Å². The summed E-state index contributed by atoms with van der Waals surface area (Å²) in [6.07, 6.45) is 7.06. The number of rotatable bonds is 1. The molecule has 0 radical (unpaired) electrons.